The third kappa shape index (κ3) is 3.13. The molecule has 0 spiro atoms. The summed E-state index contributed by atoms with van der Waals surface area (Å²) in [5.74, 6) is -10.7. The van der Waals surface area contributed by atoms with Crippen LogP contribution in [0.25, 0.3) is 0 Å². The van der Waals surface area contributed by atoms with E-state index in [1.165, 1.54) is 0 Å². The molecule has 0 aliphatic carbocycles. The molecular formula is C4H4N10O16. The van der Waals surface area contributed by atoms with Crippen LogP contribution in [0, 0.1) is 80.9 Å². The van der Waals surface area contributed by atoms with Gasteiger partial charge in [0.15, 0.2) is 10.1 Å². The van der Waals surface area contributed by atoms with E-state index >= 15 is 0 Å². The Kier molecular flexibility index (Phi) is 6.46. The van der Waals surface area contributed by atoms with E-state index in [1.807, 2.05) is 0 Å². The molecule has 0 radical (unpaired) electrons. The molecule has 0 rings (SSSR count). The molecule has 0 heterocycles. The molecule has 166 valence electrons. The summed E-state index contributed by atoms with van der Waals surface area (Å²) in [6.07, 6.45) is -3.68. The van der Waals surface area contributed by atoms with Crippen molar-refractivity contribution in [3.8, 4) is 0 Å². The van der Waals surface area contributed by atoms with Crippen LogP contribution in [0.15, 0.2) is 0 Å². The zero-order valence-electron chi connectivity index (χ0n) is 13.6. The topological polar surface area (TPSA) is 352 Å². The van der Waals surface area contributed by atoms with Crippen LogP contribution in [0.3, 0.4) is 0 Å². The Balaban J connectivity index is 7.41. The highest BCUT2D eigenvalue weighted by Gasteiger charge is 2.91. The van der Waals surface area contributed by atoms with E-state index in [1.54, 1.807) is 0 Å². The average Bonchev–Trinajstić information content (AvgIpc) is 2.53. The predicted octanol–water partition coefficient (Wildman–Crippen LogP) is -2.80. The van der Waals surface area contributed by atoms with Gasteiger partial charge in [0.2, 0.25) is 29.5 Å². The number of hydrazine groups is 2. The van der Waals surface area contributed by atoms with Gasteiger partial charge in [0.25, 0.3) is 6.17 Å². The van der Waals surface area contributed by atoms with Crippen LogP contribution in [0.2, 0.25) is 0 Å². The fraction of sp³-hybridized carbons (Fsp3) is 1.00. The highest BCUT2D eigenvalue weighted by atomic mass is 16.8. The lowest BCUT2D eigenvalue weighted by molar-refractivity contribution is -1.06. The van der Waals surface area contributed by atoms with E-state index in [9.17, 15) is 80.9 Å². The van der Waals surface area contributed by atoms with Crippen molar-refractivity contribution in [2.24, 2.45) is 0 Å². The van der Waals surface area contributed by atoms with Gasteiger partial charge in [0, 0.05) is 0 Å². The van der Waals surface area contributed by atoms with Crippen LogP contribution in [-0.2, 0) is 0 Å². The fourth-order valence-electron chi connectivity index (χ4n) is 2.00. The third-order valence-electron chi connectivity index (χ3n) is 3.14. The van der Waals surface area contributed by atoms with Crippen molar-refractivity contribution in [3.63, 3.8) is 0 Å². The van der Waals surface area contributed by atoms with Crippen LogP contribution in [-0.4, -0.2) is 67.6 Å². The highest BCUT2D eigenvalue weighted by Crippen LogP contribution is 2.29. The molecule has 0 amide bonds. The summed E-state index contributed by atoms with van der Waals surface area (Å²) in [5.41, 5.74) is 0. The molecule has 0 fully saturated rings. The quantitative estimate of drug-likeness (QED) is 0.165. The van der Waals surface area contributed by atoms with Crippen LogP contribution < -0.4 is 0 Å². The smallest absolute Gasteiger partial charge is 0.251 e. The van der Waals surface area contributed by atoms with Gasteiger partial charge in [-0.15, -0.1) is 0 Å². The summed E-state index contributed by atoms with van der Waals surface area (Å²) in [6.45, 7) is -0.206. The van der Waals surface area contributed by atoms with Gasteiger partial charge in [-0.3, -0.25) is 60.7 Å². The number of nitrogens with zero attached hydrogens (tertiary/aromatic N) is 10. The van der Waals surface area contributed by atoms with Crippen LogP contribution >= 0.6 is 0 Å². The SMILES string of the molecule is CC(N([N+](=O)[O-])C([N+](=O)[O-])([N+](=O)[O-])[N+](=O)[O-])N([N+](=O)[O-])C([N+](=O)[O-])([N+](=O)[O-])[N+](=O)[O-]. The molecule has 0 aromatic carbocycles. The molecule has 0 atom stereocenters. The van der Waals surface area contributed by atoms with Crippen molar-refractivity contribution >= 4 is 0 Å². The molecular weight excluding hydrogens is 444 g/mol. The molecule has 0 unspecified atom stereocenters. The first-order chi connectivity index (χ1) is 13.5. The molecule has 0 aliphatic rings. The minimum Gasteiger partial charge on any atom is -0.251 e. The molecule has 0 aromatic heterocycles. The Bertz CT molecular complexity index is 709. The lowest BCUT2D eigenvalue weighted by Gasteiger charge is -2.23. The first-order valence-electron chi connectivity index (χ1n) is 6.20. The monoisotopic (exact) mass is 448 g/mol. The minimum absolute atomic E-state index is 0.206. The Morgan fingerprint density at radius 2 is 0.667 bits per heavy atom. The van der Waals surface area contributed by atoms with Crippen LogP contribution in [0.1, 0.15) is 6.92 Å². The maximum absolute atomic E-state index is 11.1. The largest absolute Gasteiger partial charge is 0.852 e. The Labute approximate surface area is 157 Å². The van der Waals surface area contributed by atoms with E-state index < -0.39 is 67.6 Å². The fourth-order valence-corrected chi connectivity index (χ4v) is 2.00. The third-order valence-corrected chi connectivity index (χ3v) is 3.14. The van der Waals surface area contributed by atoms with E-state index in [0.29, 0.717) is 0 Å². The highest BCUT2D eigenvalue weighted by molar-refractivity contribution is 4.64. The second kappa shape index (κ2) is 7.81. The molecule has 26 nitrogen and oxygen atoms in total. The summed E-state index contributed by atoms with van der Waals surface area (Å²) in [5, 5.41) is 79.7. The van der Waals surface area contributed by atoms with Crippen LogP contribution in [0.4, 0.5) is 0 Å². The summed E-state index contributed by atoms with van der Waals surface area (Å²) in [6, 6.07) is 0. The van der Waals surface area contributed by atoms with Crippen molar-refractivity contribution in [1.82, 2.24) is 10.0 Å². The van der Waals surface area contributed by atoms with E-state index in [0.717, 1.165) is 0 Å². The molecule has 0 N–H and O–H groups in total. The average molecular weight is 448 g/mol. The maximum Gasteiger partial charge on any atom is 0.852 e. The minimum atomic E-state index is -5.35. The number of hydrogen-bond donors (Lipinski definition) is 0. The zero-order valence-corrected chi connectivity index (χ0v) is 13.6. The normalized spacial score (nSPS) is 11.3. The molecule has 0 saturated heterocycles. The molecule has 0 aliphatic heterocycles. The number of rotatable bonds is 12. The van der Waals surface area contributed by atoms with Gasteiger partial charge in [-0.2, -0.15) is 0 Å². The van der Waals surface area contributed by atoms with E-state index in [-0.39, 0.29) is 6.92 Å². The van der Waals surface area contributed by atoms with Crippen molar-refractivity contribution in [3.05, 3.63) is 80.9 Å². The van der Waals surface area contributed by atoms with Crippen LogP contribution in [0.5, 0.6) is 0 Å². The molecule has 0 bridgehead atoms. The number of hydrogen-bond acceptors (Lipinski definition) is 16. The predicted molar refractivity (Wildman–Crippen MR) is 74.6 cm³/mol. The summed E-state index contributed by atoms with van der Waals surface area (Å²) in [4.78, 5) is 72.7. The van der Waals surface area contributed by atoms with Crippen molar-refractivity contribution in [1.29, 1.82) is 0 Å². The molecule has 30 heavy (non-hydrogen) atoms. The number of nitro groups is 8. The standard InChI is InChI=1S/C4H4N10O16/c1-2(5(13(27)28)3(7(15)16,8(17)18)9(19)20)6(14(29)30)4(10(21)22,11(23)24)12(25)26/h2H,1H3. The van der Waals surface area contributed by atoms with Gasteiger partial charge in [-0.1, -0.05) is 0 Å². The Hall–Kier alpha value is -5.20. The van der Waals surface area contributed by atoms with Gasteiger partial charge in [0.1, 0.15) is 10.0 Å². The van der Waals surface area contributed by atoms with Gasteiger partial charge in [0.05, 0.1) is 0 Å². The van der Waals surface area contributed by atoms with Gasteiger partial charge < -0.3 is 0 Å². The summed E-state index contributed by atoms with van der Waals surface area (Å²) in [7, 11) is 0. The van der Waals surface area contributed by atoms with Crippen molar-refractivity contribution in [2.75, 3.05) is 0 Å². The Morgan fingerprint density at radius 3 is 0.767 bits per heavy atom. The lowest BCUT2D eigenvalue weighted by Crippen LogP contribution is -2.77. The van der Waals surface area contributed by atoms with Gasteiger partial charge >= 0.3 is 11.8 Å². The maximum atomic E-state index is 11.1. The lowest BCUT2D eigenvalue weighted by atomic mass is 10.4. The second-order valence-electron chi connectivity index (χ2n) is 4.54. The van der Waals surface area contributed by atoms with Crippen molar-refractivity contribution < 1.29 is 39.6 Å². The summed E-state index contributed by atoms with van der Waals surface area (Å²) >= 11 is 0. The Morgan fingerprint density at radius 1 is 0.500 bits per heavy atom. The van der Waals surface area contributed by atoms with Gasteiger partial charge in [-0.25, -0.2) is 20.2 Å². The second-order valence-corrected chi connectivity index (χ2v) is 4.54. The van der Waals surface area contributed by atoms with E-state index in [2.05, 4.69) is 0 Å². The zero-order chi connectivity index (χ0) is 24.4. The molecule has 0 saturated carbocycles. The van der Waals surface area contributed by atoms with E-state index in [4.69, 9.17) is 0 Å². The van der Waals surface area contributed by atoms with Crippen molar-refractivity contribution in [2.45, 2.75) is 24.9 Å². The first kappa shape index (κ1) is 24.8. The molecule has 0 aromatic rings. The first-order valence-corrected chi connectivity index (χ1v) is 6.20. The molecule has 26 heteroatoms. The van der Waals surface area contributed by atoms with Gasteiger partial charge in [-0.05, 0) is 6.92 Å². The summed E-state index contributed by atoms with van der Waals surface area (Å²) < 4.78 is 0.